The highest BCUT2D eigenvalue weighted by atomic mass is 79.9. The van der Waals surface area contributed by atoms with Gasteiger partial charge in [-0.25, -0.2) is 0 Å². The molecule has 2 nitrogen and oxygen atoms in total. The van der Waals surface area contributed by atoms with Crippen molar-refractivity contribution in [1.82, 2.24) is 4.90 Å². The fraction of sp³-hybridized carbons (Fsp3) is 0.600. The van der Waals surface area contributed by atoms with E-state index in [1.165, 1.54) is 42.4 Å². The Kier molecular flexibility index (Phi) is 5.22. The molecule has 100 valence electrons. The van der Waals surface area contributed by atoms with Gasteiger partial charge in [-0.2, -0.15) is 0 Å². The lowest BCUT2D eigenvalue weighted by molar-refractivity contribution is 0.131. The predicted octanol–water partition coefficient (Wildman–Crippen LogP) is 3.57. The minimum absolute atomic E-state index is 0.557. The summed E-state index contributed by atoms with van der Waals surface area (Å²) in [6.45, 7) is 5.50. The summed E-state index contributed by atoms with van der Waals surface area (Å²) < 4.78 is 1.18. The summed E-state index contributed by atoms with van der Waals surface area (Å²) in [6, 6.07) is 9.28. The van der Waals surface area contributed by atoms with E-state index in [1.807, 2.05) is 0 Å². The maximum absolute atomic E-state index is 5.76. The molecule has 1 aromatic carbocycles. The van der Waals surface area contributed by atoms with Crippen molar-refractivity contribution in [3.05, 3.63) is 34.3 Å². The third-order valence-corrected chi connectivity index (χ3v) is 4.54. The molecular formula is C15H23BrN2. The van der Waals surface area contributed by atoms with Crippen LogP contribution in [-0.2, 0) is 0 Å². The molecular weight excluding hydrogens is 288 g/mol. The van der Waals surface area contributed by atoms with Crippen molar-refractivity contribution >= 4 is 15.9 Å². The third-order valence-electron chi connectivity index (χ3n) is 4.04. The summed E-state index contributed by atoms with van der Waals surface area (Å²) in [5.41, 5.74) is 7.19. The molecule has 0 spiro atoms. The van der Waals surface area contributed by atoms with Crippen LogP contribution in [0.3, 0.4) is 0 Å². The fourth-order valence-corrected chi connectivity index (χ4v) is 3.34. The minimum Gasteiger partial charge on any atom is -0.330 e. The van der Waals surface area contributed by atoms with Gasteiger partial charge in [0.25, 0.3) is 0 Å². The molecule has 0 aromatic heterocycles. The Hall–Kier alpha value is -0.380. The molecule has 0 amide bonds. The van der Waals surface area contributed by atoms with E-state index in [1.54, 1.807) is 0 Å². The maximum Gasteiger partial charge on any atom is 0.0345 e. The molecule has 1 fully saturated rings. The molecule has 1 aliphatic heterocycles. The monoisotopic (exact) mass is 310 g/mol. The smallest absolute Gasteiger partial charge is 0.0345 e. The molecule has 0 saturated carbocycles. The molecule has 1 aliphatic rings. The fourth-order valence-electron chi connectivity index (χ4n) is 2.92. The zero-order valence-electron chi connectivity index (χ0n) is 11.1. The topological polar surface area (TPSA) is 29.3 Å². The second-order valence-corrected chi connectivity index (χ2v) is 6.11. The SMILES string of the molecule is CCC(c1cccc(Br)c1)N1CCC(CN)CC1. The van der Waals surface area contributed by atoms with Crippen molar-refractivity contribution in [2.75, 3.05) is 19.6 Å². The van der Waals surface area contributed by atoms with Crippen LogP contribution in [0, 0.1) is 5.92 Å². The van der Waals surface area contributed by atoms with Crippen molar-refractivity contribution in [3.8, 4) is 0 Å². The van der Waals surface area contributed by atoms with E-state index < -0.39 is 0 Å². The summed E-state index contributed by atoms with van der Waals surface area (Å²) in [5.74, 6) is 0.737. The highest BCUT2D eigenvalue weighted by Crippen LogP contribution is 2.30. The molecule has 1 aromatic rings. The lowest BCUT2D eigenvalue weighted by Crippen LogP contribution is -2.38. The second kappa shape index (κ2) is 6.69. The van der Waals surface area contributed by atoms with E-state index >= 15 is 0 Å². The Labute approximate surface area is 119 Å². The summed E-state index contributed by atoms with van der Waals surface area (Å²) in [5, 5.41) is 0. The molecule has 2 N–H and O–H groups in total. The van der Waals surface area contributed by atoms with Gasteiger partial charge in [-0.3, -0.25) is 4.90 Å². The molecule has 0 bridgehead atoms. The quantitative estimate of drug-likeness (QED) is 0.921. The zero-order valence-corrected chi connectivity index (χ0v) is 12.7. The minimum atomic E-state index is 0.557. The van der Waals surface area contributed by atoms with Crippen LogP contribution < -0.4 is 5.73 Å². The van der Waals surface area contributed by atoms with E-state index in [-0.39, 0.29) is 0 Å². The number of benzene rings is 1. The summed E-state index contributed by atoms with van der Waals surface area (Å²) in [7, 11) is 0. The van der Waals surface area contributed by atoms with Gasteiger partial charge in [0.15, 0.2) is 0 Å². The van der Waals surface area contributed by atoms with Crippen LogP contribution in [0.2, 0.25) is 0 Å². The van der Waals surface area contributed by atoms with Gasteiger partial charge < -0.3 is 5.73 Å². The summed E-state index contributed by atoms with van der Waals surface area (Å²) in [6.07, 6.45) is 3.67. The number of nitrogens with zero attached hydrogens (tertiary/aromatic N) is 1. The molecule has 18 heavy (non-hydrogen) atoms. The van der Waals surface area contributed by atoms with Crippen molar-refractivity contribution in [2.24, 2.45) is 11.7 Å². The first-order chi connectivity index (χ1) is 8.74. The van der Waals surface area contributed by atoms with Crippen molar-refractivity contribution in [2.45, 2.75) is 32.2 Å². The lowest BCUT2D eigenvalue weighted by atomic mass is 9.93. The molecule has 2 rings (SSSR count). The van der Waals surface area contributed by atoms with E-state index in [0.29, 0.717) is 6.04 Å². The Morgan fingerprint density at radius 3 is 2.67 bits per heavy atom. The molecule has 1 saturated heterocycles. The van der Waals surface area contributed by atoms with Crippen LogP contribution in [0.15, 0.2) is 28.7 Å². The van der Waals surface area contributed by atoms with E-state index in [0.717, 1.165) is 12.5 Å². The van der Waals surface area contributed by atoms with Crippen LogP contribution in [0.25, 0.3) is 0 Å². The predicted molar refractivity (Wildman–Crippen MR) is 80.5 cm³/mol. The molecule has 0 aliphatic carbocycles. The Bertz CT molecular complexity index is 373. The highest BCUT2D eigenvalue weighted by molar-refractivity contribution is 9.10. The number of hydrogen-bond acceptors (Lipinski definition) is 2. The molecule has 3 heteroatoms. The third kappa shape index (κ3) is 3.34. The maximum atomic E-state index is 5.76. The zero-order chi connectivity index (χ0) is 13.0. The van der Waals surface area contributed by atoms with Gasteiger partial charge in [0.1, 0.15) is 0 Å². The number of hydrogen-bond donors (Lipinski definition) is 1. The normalized spacial score (nSPS) is 19.9. The van der Waals surface area contributed by atoms with Gasteiger partial charge in [0, 0.05) is 10.5 Å². The number of nitrogens with two attached hydrogens (primary N) is 1. The molecule has 0 radical (unpaired) electrons. The van der Waals surface area contributed by atoms with Crippen LogP contribution in [0.4, 0.5) is 0 Å². The van der Waals surface area contributed by atoms with Gasteiger partial charge in [-0.1, -0.05) is 35.0 Å². The first kappa shape index (κ1) is 14.0. The van der Waals surface area contributed by atoms with Crippen LogP contribution in [0.1, 0.15) is 37.8 Å². The van der Waals surface area contributed by atoms with E-state index in [4.69, 9.17) is 5.73 Å². The molecule has 1 unspecified atom stereocenters. The highest BCUT2D eigenvalue weighted by Gasteiger charge is 2.24. The van der Waals surface area contributed by atoms with Crippen molar-refractivity contribution in [1.29, 1.82) is 0 Å². The Balaban J connectivity index is 2.05. The number of likely N-dealkylation sites (tertiary alicyclic amines) is 1. The van der Waals surface area contributed by atoms with Gasteiger partial charge in [-0.15, -0.1) is 0 Å². The van der Waals surface area contributed by atoms with Crippen LogP contribution in [0.5, 0.6) is 0 Å². The van der Waals surface area contributed by atoms with Crippen molar-refractivity contribution in [3.63, 3.8) is 0 Å². The van der Waals surface area contributed by atoms with E-state index in [2.05, 4.69) is 52.0 Å². The first-order valence-corrected chi connectivity index (χ1v) is 7.73. The summed E-state index contributed by atoms with van der Waals surface area (Å²) in [4.78, 5) is 2.62. The summed E-state index contributed by atoms with van der Waals surface area (Å²) >= 11 is 3.57. The first-order valence-electron chi connectivity index (χ1n) is 6.94. The van der Waals surface area contributed by atoms with Gasteiger partial charge in [0.2, 0.25) is 0 Å². The lowest BCUT2D eigenvalue weighted by Gasteiger charge is -2.37. The van der Waals surface area contributed by atoms with Gasteiger partial charge >= 0.3 is 0 Å². The molecule has 1 heterocycles. The second-order valence-electron chi connectivity index (χ2n) is 5.19. The Morgan fingerprint density at radius 1 is 1.39 bits per heavy atom. The number of rotatable bonds is 4. The largest absolute Gasteiger partial charge is 0.330 e. The number of piperidine rings is 1. The van der Waals surface area contributed by atoms with E-state index in [9.17, 15) is 0 Å². The van der Waals surface area contributed by atoms with Gasteiger partial charge in [-0.05, 0) is 62.5 Å². The standard InChI is InChI=1S/C15H23BrN2/c1-2-15(13-4-3-5-14(16)10-13)18-8-6-12(11-17)7-9-18/h3-5,10,12,15H,2,6-9,11,17H2,1H3. The Morgan fingerprint density at radius 2 is 2.11 bits per heavy atom. The van der Waals surface area contributed by atoms with Crippen LogP contribution in [-0.4, -0.2) is 24.5 Å². The van der Waals surface area contributed by atoms with Gasteiger partial charge in [0.05, 0.1) is 0 Å². The molecule has 1 atom stereocenters. The number of halogens is 1. The van der Waals surface area contributed by atoms with Crippen LogP contribution >= 0.6 is 15.9 Å². The average molecular weight is 311 g/mol. The van der Waals surface area contributed by atoms with Crippen molar-refractivity contribution < 1.29 is 0 Å². The average Bonchev–Trinajstić information content (AvgIpc) is 2.40.